The molecule has 2 aromatic carbocycles. The molecule has 7 nitrogen and oxygen atoms in total. The van der Waals surface area contributed by atoms with Gasteiger partial charge in [-0.05, 0) is 37.6 Å². The van der Waals surface area contributed by atoms with Crippen LogP contribution in [0.1, 0.15) is 31.0 Å². The van der Waals surface area contributed by atoms with E-state index in [-0.39, 0.29) is 28.2 Å². The Kier molecular flexibility index (Phi) is 6.01. The van der Waals surface area contributed by atoms with Crippen molar-refractivity contribution in [3.63, 3.8) is 0 Å². The van der Waals surface area contributed by atoms with E-state index in [1.165, 1.54) is 28.8 Å². The Hall–Kier alpha value is -4.11. The zero-order valence-corrected chi connectivity index (χ0v) is 20.5. The van der Waals surface area contributed by atoms with Gasteiger partial charge in [-0.3, -0.25) is 14.2 Å². The van der Waals surface area contributed by atoms with Crippen molar-refractivity contribution in [2.24, 2.45) is 4.99 Å². The van der Waals surface area contributed by atoms with Gasteiger partial charge < -0.3 is 9.64 Å². The number of nitrogens with zero attached hydrogens (tertiary/aromatic N) is 3. The number of hydrogen-bond acceptors (Lipinski definition) is 6. The van der Waals surface area contributed by atoms with Crippen molar-refractivity contribution < 1.29 is 18.7 Å². The van der Waals surface area contributed by atoms with Crippen LogP contribution in [0.2, 0.25) is 0 Å². The number of anilines is 1. The van der Waals surface area contributed by atoms with E-state index in [1.807, 2.05) is 18.2 Å². The first kappa shape index (κ1) is 23.6. The monoisotopic (exact) mass is 503 g/mol. The summed E-state index contributed by atoms with van der Waals surface area (Å²) in [6, 6.07) is 12.0. The minimum Gasteiger partial charge on any atom is -0.463 e. The fourth-order valence-corrected chi connectivity index (χ4v) is 5.75. The number of aromatic nitrogens is 1. The number of carbonyl (C=O) groups is 2. The normalized spacial score (nSPS) is 18.0. The number of halogens is 1. The molecule has 0 saturated heterocycles. The third-order valence-corrected chi connectivity index (χ3v) is 7.19. The molecule has 0 radical (unpaired) electrons. The molecule has 0 saturated carbocycles. The van der Waals surface area contributed by atoms with Crippen LogP contribution in [0.15, 0.2) is 82.2 Å². The van der Waals surface area contributed by atoms with Crippen molar-refractivity contribution >= 4 is 34.5 Å². The van der Waals surface area contributed by atoms with E-state index in [1.54, 1.807) is 30.9 Å². The van der Waals surface area contributed by atoms with Crippen molar-refractivity contribution in [1.29, 1.82) is 0 Å². The maximum atomic E-state index is 14.0. The molecule has 1 atom stereocenters. The molecule has 3 aromatic rings. The molecule has 2 aliphatic rings. The van der Waals surface area contributed by atoms with E-state index in [0.29, 0.717) is 33.9 Å². The van der Waals surface area contributed by atoms with Gasteiger partial charge in [-0.1, -0.05) is 47.7 Å². The fourth-order valence-electron chi connectivity index (χ4n) is 4.61. The second-order valence-electron chi connectivity index (χ2n) is 8.27. The van der Waals surface area contributed by atoms with Gasteiger partial charge in [0.2, 0.25) is 0 Å². The number of para-hydroxylation sites is 1. The number of amides is 1. The van der Waals surface area contributed by atoms with Crippen LogP contribution in [0.25, 0.3) is 5.57 Å². The lowest BCUT2D eigenvalue weighted by molar-refractivity contribution is -0.139. The van der Waals surface area contributed by atoms with E-state index in [0.717, 1.165) is 11.3 Å². The second-order valence-corrected chi connectivity index (χ2v) is 9.25. The molecule has 36 heavy (non-hydrogen) atoms. The SMILES string of the molecule is C=CCN1C(=O)/C(=c2/sc3n(c2=O)[C@H](c2ccc(F)cc2)C(C(=O)OCC)=C(C)N=3)c2ccccc21. The second kappa shape index (κ2) is 9.16. The Morgan fingerprint density at radius 3 is 2.61 bits per heavy atom. The first-order valence-corrected chi connectivity index (χ1v) is 12.2. The van der Waals surface area contributed by atoms with Crippen molar-refractivity contribution in [1.82, 2.24) is 4.57 Å². The predicted octanol–water partition coefficient (Wildman–Crippen LogP) is 2.84. The topological polar surface area (TPSA) is 81.0 Å². The van der Waals surface area contributed by atoms with E-state index in [4.69, 9.17) is 4.74 Å². The Balaban J connectivity index is 1.82. The standard InChI is InChI=1S/C27H22FN3O4S/c1-4-14-30-19-9-7-6-8-18(19)21(24(30)32)23-25(33)31-22(16-10-12-17(28)13-11-16)20(26(34)35-5-2)15(3)29-27(31)36-23/h4,6-13,22H,1,5,14H2,2-3H3/b23-21+/t22-/m1/s1. The van der Waals surface area contributed by atoms with Gasteiger partial charge >= 0.3 is 5.97 Å². The van der Waals surface area contributed by atoms with Gasteiger partial charge in [0, 0.05) is 12.1 Å². The van der Waals surface area contributed by atoms with Gasteiger partial charge in [-0.25, -0.2) is 14.2 Å². The molecule has 0 aliphatic carbocycles. The van der Waals surface area contributed by atoms with Crippen molar-refractivity contribution in [2.45, 2.75) is 19.9 Å². The highest BCUT2D eigenvalue weighted by molar-refractivity contribution is 7.07. The Morgan fingerprint density at radius 2 is 1.92 bits per heavy atom. The van der Waals surface area contributed by atoms with E-state index < -0.39 is 23.4 Å². The molecule has 182 valence electrons. The predicted molar refractivity (Wildman–Crippen MR) is 135 cm³/mol. The zero-order chi connectivity index (χ0) is 25.6. The summed E-state index contributed by atoms with van der Waals surface area (Å²) in [4.78, 5) is 46.9. The van der Waals surface area contributed by atoms with Gasteiger partial charge in [0.25, 0.3) is 11.5 Å². The number of esters is 1. The number of benzene rings is 2. The minimum absolute atomic E-state index is 0.144. The zero-order valence-electron chi connectivity index (χ0n) is 19.7. The number of hydrogen-bond donors (Lipinski definition) is 0. The lowest BCUT2D eigenvalue weighted by Crippen LogP contribution is -2.41. The van der Waals surface area contributed by atoms with Gasteiger partial charge in [0.1, 0.15) is 10.3 Å². The third-order valence-electron chi connectivity index (χ3n) is 6.14. The summed E-state index contributed by atoms with van der Waals surface area (Å²) in [5, 5.41) is 0. The summed E-state index contributed by atoms with van der Waals surface area (Å²) in [6.45, 7) is 7.54. The van der Waals surface area contributed by atoms with Crippen molar-refractivity contribution in [3.05, 3.63) is 109 Å². The van der Waals surface area contributed by atoms with Crippen LogP contribution < -0.4 is 19.8 Å². The molecule has 1 amide bonds. The fraction of sp³-hybridized carbons (Fsp3) is 0.185. The Bertz CT molecular complexity index is 1630. The van der Waals surface area contributed by atoms with Crippen LogP contribution in [0.4, 0.5) is 10.1 Å². The van der Waals surface area contributed by atoms with E-state index in [2.05, 4.69) is 11.6 Å². The lowest BCUT2D eigenvalue weighted by atomic mass is 9.96. The smallest absolute Gasteiger partial charge is 0.338 e. The number of carbonyl (C=O) groups excluding carboxylic acids is 2. The highest BCUT2D eigenvalue weighted by Gasteiger charge is 2.37. The maximum absolute atomic E-state index is 14.0. The molecular weight excluding hydrogens is 481 g/mol. The van der Waals surface area contributed by atoms with Crippen LogP contribution in [0, 0.1) is 5.82 Å². The molecule has 0 fully saturated rings. The quantitative estimate of drug-likeness (QED) is 0.396. The first-order valence-electron chi connectivity index (χ1n) is 11.4. The molecule has 0 N–H and O–H groups in total. The summed E-state index contributed by atoms with van der Waals surface area (Å²) in [5.74, 6) is -1.35. The van der Waals surface area contributed by atoms with E-state index >= 15 is 0 Å². The third kappa shape index (κ3) is 3.63. The summed E-state index contributed by atoms with van der Waals surface area (Å²) < 4.78 is 20.6. The average Bonchev–Trinajstić information content (AvgIpc) is 3.32. The maximum Gasteiger partial charge on any atom is 0.338 e. The van der Waals surface area contributed by atoms with Crippen LogP contribution in [-0.4, -0.2) is 29.6 Å². The molecule has 5 rings (SSSR count). The molecule has 0 spiro atoms. The van der Waals surface area contributed by atoms with Crippen LogP contribution in [0.3, 0.4) is 0 Å². The number of fused-ring (bicyclic) bond motifs is 2. The summed E-state index contributed by atoms with van der Waals surface area (Å²) in [6.07, 6.45) is 1.63. The van der Waals surface area contributed by atoms with Crippen molar-refractivity contribution in [3.8, 4) is 0 Å². The first-order chi connectivity index (χ1) is 17.4. The molecular formula is C27H22FN3O4S. The highest BCUT2D eigenvalue weighted by atomic mass is 32.1. The van der Waals surface area contributed by atoms with Gasteiger partial charge in [-0.2, -0.15) is 0 Å². The average molecular weight is 504 g/mol. The summed E-state index contributed by atoms with van der Waals surface area (Å²) in [5.41, 5.74) is 2.29. The molecule has 0 unspecified atom stereocenters. The molecule has 3 heterocycles. The molecule has 9 heteroatoms. The van der Waals surface area contributed by atoms with Gasteiger partial charge in [-0.15, -0.1) is 6.58 Å². The van der Waals surface area contributed by atoms with Crippen molar-refractivity contribution in [2.75, 3.05) is 18.1 Å². The van der Waals surface area contributed by atoms with Crippen LogP contribution >= 0.6 is 11.3 Å². The van der Waals surface area contributed by atoms with E-state index in [9.17, 15) is 18.8 Å². The highest BCUT2D eigenvalue weighted by Crippen LogP contribution is 2.35. The number of thiazole rings is 1. The lowest BCUT2D eigenvalue weighted by Gasteiger charge is -2.24. The largest absolute Gasteiger partial charge is 0.463 e. The Labute approximate surface area is 209 Å². The van der Waals surface area contributed by atoms with Gasteiger partial charge in [0.05, 0.1) is 35.2 Å². The molecule has 0 bridgehead atoms. The summed E-state index contributed by atoms with van der Waals surface area (Å²) >= 11 is 1.09. The van der Waals surface area contributed by atoms with Crippen LogP contribution in [-0.2, 0) is 14.3 Å². The molecule has 1 aromatic heterocycles. The number of allylic oxidation sites excluding steroid dienone is 1. The summed E-state index contributed by atoms with van der Waals surface area (Å²) in [7, 11) is 0. The molecule has 2 aliphatic heterocycles. The Morgan fingerprint density at radius 1 is 1.19 bits per heavy atom. The van der Waals surface area contributed by atoms with Crippen LogP contribution in [0.5, 0.6) is 0 Å². The number of ether oxygens (including phenoxy) is 1. The number of rotatable bonds is 5. The van der Waals surface area contributed by atoms with Gasteiger partial charge in [0.15, 0.2) is 4.80 Å². The minimum atomic E-state index is -0.883.